The summed E-state index contributed by atoms with van der Waals surface area (Å²) in [7, 11) is 0. The molecule has 80 valence electrons. The van der Waals surface area contributed by atoms with E-state index in [1.807, 2.05) is 13.8 Å². The molecular formula is C11H13NO3. The number of furan rings is 1. The third-order valence-electron chi connectivity index (χ3n) is 2.17. The maximum absolute atomic E-state index is 11.4. The highest BCUT2D eigenvalue weighted by Crippen LogP contribution is 2.18. The summed E-state index contributed by atoms with van der Waals surface area (Å²) in [4.78, 5) is 15.6. The third kappa shape index (κ3) is 2.09. The summed E-state index contributed by atoms with van der Waals surface area (Å²) in [6.45, 7) is 4.10. The van der Waals surface area contributed by atoms with E-state index in [0.717, 1.165) is 0 Å². The Bertz CT molecular complexity index is 379. The molecule has 15 heavy (non-hydrogen) atoms. The molecule has 0 N–H and O–H groups in total. The highest BCUT2D eigenvalue weighted by atomic mass is 16.6. The molecule has 0 aromatic carbocycles. The van der Waals surface area contributed by atoms with Crippen molar-refractivity contribution >= 4 is 11.9 Å². The number of esters is 1. The van der Waals surface area contributed by atoms with Crippen molar-refractivity contribution in [3.05, 3.63) is 24.2 Å². The molecule has 0 saturated heterocycles. The van der Waals surface area contributed by atoms with Crippen molar-refractivity contribution in [2.45, 2.75) is 26.3 Å². The maximum atomic E-state index is 11.4. The van der Waals surface area contributed by atoms with E-state index >= 15 is 0 Å². The lowest BCUT2D eigenvalue weighted by Gasteiger charge is -2.05. The van der Waals surface area contributed by atoms with Gasteiger partial charge in [-0.1, -0.05) is 13.8 Å². The molecule has 1 aromatic heterocycles. The first kappa shape index (κ1) is 9.96. The largest absolute Gasteiger partial charge is 0.459 e. The molecular weight excluding hydrogens is 194 g/mol. The lowest BCUT2D eigenvalue weighted by molar-refractivity contribution is -0.135. The molecule has 0 amide bonds. The fourth-order valence-electron chi connectivity index (χ4n) is 1.49. The first-order valence-electron chi connectivity index (χ1n) is 5.00. The Labute approximate surface area is 87.9 Å². The van der Waals surface area contributed by atoms with Gasteiger partial charge in [-0.15, -0.1) is 0 Å². The van der Waals surface area contributed by atoms with Crippen LogP contribution in [0.2, 0.25) is 0 Å². The van der Waals surface area contributed by atoms with Gasteiger partial charge in [-0.25, -0.2) is 9.79 Å². The van der Waals surface area contributed by atoms with Gasteiger partial charge >= 0.3 is 5.97 Å². The van der Waals surface area contributed by atoms with Crippen molar-refractivity contribution in [1.82, 2.24) is 0 Å². The van der Waals surface area contributed by atoms with Crippen molar-refractivity contribution in [3.63, 3.8) is 0 Å². The van der Waals surface area contributed by atoms with Gasteiger partial charge in [0.05, 0.1) is 6.26 Å². The zero-order chi connectivity index (χ0) is 10.8. The second-order valence-electron chi connectivity index (χ2n) is 3.98. The molecule has 1 aromatic rings. The fraction of sp³-hybridized carbons (Fsp3) is 0.455. The molecule has 2 heterocycles. The highest BCUT2D eigenvalue weighted by Gasteiger charge is 2.31. The smallest absolute Gasteiger partial charge is 0.337 e. The van der Waals surface area contributed by atoms with Crippen molar-refractivity contribution in [2.24, 2.45) is 10.9 Å². The molecule has 0 bridgehead atoms. The van der Waals surface area contributed by atoms with Crippen LogP contribution in [0.4, 0.5) is 0 Å². The Balaban J connectivity index is 2.13. The number of ether oxygens (including phenoxy) is 1. The first-order valence-corrected chi connectivity index (χ1v) is 5.00. The minimum atomic E-state index is -0.370. The van der Waals surface area contributed by atoms with Crippen LogP contribution in [0.5, 0.6) is 0 Å². The van der Waals surface area contributed by atoms with E-state index in [2.05, 4.69) is 4.99 Å². The molecule has 2 rings (SSSR count). The van der Waals surface area contributed by atoms with E-state index < -0.39 is 0 Å². The van der Waals surface area contributed by atoms with Gasteiger partial charge in [0, 0.05) is 0 Å². The Morgan fingerprint density at radius 2 is 2.33 bits per heavy atom. The molecule has 1 aliphatic rings. The average Bonchev–Trinajstić information content (AvgIpc) is 2.75. The Morgan fingerprint density at radius 1 is 1.53 bits per heavy atom. The quantitative estimate of drug-likeness (QED) is 0.712. The number of hydrogen-bond acceptors (Lipinski definition) is 4. The van der Waals surface area contributed by atoms with Crippen LogP contribution in [0.1, 0.15) is 26.0 Å². The molecule has 0 saturated carbocycles. The van der Waals surface area contributed by atoms with Crippen LogP contribution in [-0.2, 0) is 9.53 Å². The SMILES string of the molecule is CC(C)CC1N=C(c2ccco2)OC1=O. The summed E-state index contributed by atoms with van der Waals surface area (Å²) in [6, 6.07) is 3.09. The van der Waals surface area contributed by atoms with Gasteiger partial charge < -0.3 is 9.15 Å². The van der Waals surface area contributed by atoms with Crippen LogP contribution in [0.25, 0.3) is 0 Å². The average molecular weight is 207 g/mol. The predicted molar refractivity (Wildman–Crippen MR) is 54.6 cm³/mol. The van der Waals surface area contributed by atoms with E-state index in [-0.39, 0.29) is 12.0 Å². The normalized spacial score (nSPS) is 20.6. The Hall–Kier alpha value is -1.58. The van der Waals surface area contributed by atoms with Gasteiger partial charge in [0.1, 0.15) is 0 Å². The van der Waals surface area contributed by atoms with Crippen LogP contribution >= 0.6 is 0 Å². The van der Waals surface area contributed by atoms with E-state index in [1.54, 1.807) is 12.1 Å². The molecule has 0 aliphatic carbocycles. The lowest BCUT2D eigenvalue weighted by atomic mass is 10.1. The monoisotopic (exact) mass is 207 g/mol. The number of carbonyl (C=O) groups is 1. The number of hydrogen-bond donors (Lipinski definition) is 0. The summed E-state index contributed by atoms with van der Waals surface area (Å²) < 4.78 is 10.1. The van der Waals surface area contributed by atoms with Crippen LogP contribution < -0.4 is 0 Å². The second-order valence-corrected chi connectivity index (χ2v) is 3.98. The van der Waals surface area contributed by atoms with Gasteiger partial charge in [-0.05, 0) is 24.5 Å². The number of rotatable bonds is 3. The van der Waals surface area contributed by atoms with E-state index in [1.165, 1.54) is 6.26 Å². The van der Waals surface area contributed by atoms with Gasteiger partial charge in [0.2, 0.25) is 0 Å². The summed E-state index contributed by atoms with van der Waals surface area (Å²) in [5.74, 6) is 0.947. The molecule has 0 radical (unpaired) electrons. The number of aliphatic imine (C=N–C) groups is 1. The highest BCUT2D eigenvalue weighted by molar-refractivity contribution is 6.04. The van der Waals surface area contributed by atoms with Gasteiger partial charge in [0.25, 0.3) is 5.90 Å². The summed E-state index contributed by atoms with van der Waals surface area (Å²) in [6.07, 6.45) is 2.24. The minimum Gasteiger partial charge on any atom is -0.459 e. The van der Waals surface area contributed by atoms with E-state index in [0.29, 0.717) is 24.0 Å². The summed E-state index contributed by atoms with van der Waals surface area (Å²) in [5.41, 5.74) is 0. The van der Waals surface area contributed by atoms with Crippen LogP contribution in [-0.4, -0.2) is 17.9 Å². The van der Waals surface area contributed by atoms with Crippen LogP contribution in [0, 0.1) is 5.92 Å². The molecule has 0 spiro atoms. The number of nitrogens with zero attached hydrogens (tertiary/aromatic N) is 1. The Kier molecular flexibility index (Phi) is 2.58. The predicted octanol–water partition coefficient (Wildman–Crippen LogP) is 2.00. The second kappa shape index (κ2) is 3.88. The van der Waals surface area contributed by atoms with Crippen molar-refractivity contribution in [3.8, 4) is 0 Å². The van der Waals surface area contributed by atoms with Crippen molar-refractivity contribution in [1.29, 1.82) is 0 Å². The zero-order valence-corrected chi connectivity index (χ0v) is 8.77. The molecule has 1 atom stereocenters. The van der Waals surface area contributed by atoms with Gasteiger partial charge in [-0.3, -0.25) is 0 Å². The Morgan fingerprint density at radius 3 is 2.93 bits per heavy atom. The third-order valence-corrected chi connectivity index (χ3v) is 2.17. The van der Waals surface area contributed by atoms with Gasteiger partial charge in [0.15, 0.2) is 11.8 Å². The molecule has 0 fully saturated rings. The lowest BCUT2D eigenvalue weighted by Crippen LogP contribution is -2.17. The zero-order valence-electron chi connectivity index (χ0n) is 8.77. The van der Waals surface area contributed by atoms with Crippen molar-refractivity contribution < 1.29 is 13.9 Å². The summed E-state index contributed by atoms with van der Waals surface area (Å²) >= 11 is 0. The van der Waals surface area contributed by atoms with Gasteiger partial charge in [-0.2, -0.15) is 0 Å². The number of cyclic esters (lactones) is 1. The summed E-state index contributed by atoms with van der Waals surface area (Å²) in [5, 5.41) is 0. The van der Waals surface area contributed by atoms with E-state index in [4.69, 9.17) is 9.15 Å². The fourth-order valence-corrected chi connectivity index (χ4v) is 1.49. The minimum absolute atomic E-state index is 0.282. The van der Waals surface area contributed by atoms with Crippen molar-refractivity contribution in [2.75, 3.05) is 0 Å². The first-order chi connectivity index (χ1) is 7.16. The topological polar surface area (TPSA) is 51.8 Å². The maximum Gasteiger partial charge on any atom is 0.337 e. The van der Waals surface area contributed by atoms with E-state index in [9.17, 15) is 4.79 Å². The molecule has 4 heteroatoms. The molecule has 1 unspecified atom stereocenters. The van der Waals surface area contributed by atoms with Crippen LogP contribution in [0.3, 0.4) is 0 Å². The molecule has 1 aliphatic heterocycles. The molecule has 4 nitrogen and oxygen atoms in total. The standard InChI is InChI=1S/C11H13NO3/c1-7(2)6-8-11(13)15-10(12-8)9-4-3-5-14-9/h3-5,7-8H,6H2,1-2H3. The number of carbonyl (C=O) groups excluding carboxylic acids is 1. The van der Waals surface area contributed by atoms with Crippen LogP contribution in [0.15, 0.2) is 27.8 Å².